The Morgan fingerprint density at radius 1 is 1.26 bits per heavy atom. The van der Waals surface area contributed by atoms with Crippen molar-refractivity contribution >= 4 is 21.6 Å². The van der Waals surface area contributed by atoms with Crippen LogP contribution in [0.4, 0.5) is 18.9 Å². The van der Waals surface area contributed by atoms with Crippen LogP contribution in [-0.4, -0.2) is 10.2 Å². The Hall–Kier alpha value is -1.57. The highest BCUT2D eigenvalue weighted by Crippen LogP contribution is 2.33. The van der Waals surface area contributed by atoms with Crippen molar-refractivity contribution in [2.24, 2.45) is 0 Å². The summed E-state index contributed by atoms with van der Waals surface area (Å²) in [4.78, 5) is 0. The first-order valence-corrected chi connectivity index (χ1v) is 6.04. The smallest absolute Gasteiger partial charge is 0.416 e. The van der Waals surface area contributed by atoms with E-state index in [0.717, 1.165) is 12.1 Å². The van der Waals surface area contributed by atoms with Gasteiger partial charge in [0.05, 0.1) is 12.1 Å². The van der Waals surface area contributed by atoms with Crippen LogP contribution in [0.1, 0.15) is 17.3 Å². The summed E-state index contributed by atoms with van der Waals surface area (Å²) in [6.07, 6.45) is -4.39. The molecule has 1 aromatic heterocycles. The highest BCUT2D eigenvalue weighted by molar-refractivity contribution is 9.10. The zero-order chi connectivity index (χ0) is 14.0. The third-order valence-corrected chi connectivity index (χ3v) is 2.69. The number of hydrogen-bond donors (Lipinski definition) is 1. The number of alkyl halides is 3. The van der Waals surface area contributed by atoms with Crippen molar-refractivity contribution in [1.29, 1.82) is 0 Å². The lowest BCUT2D eigenvalue weighted by molar-refractivity contribution is -0.137. The van der Waals surface area contributed by atoms with Crippen molar-refractivity contribution in [2.45, 2.75) is 19.6 Å². The van der Waals surface area contributed by atoms with Gasteiger partial charge in [0.25, 0.3) is 0 Å². The summed E-state index contributed by atoms with van der Waals surface area (Å²) in [7, 11) is 0. The van der Waals surface area contributed by atoms with E-state index in [-0.39, 0.29) is 6.54 Å². The van der Waals surface area contributed by atoms with Crippen LogP contribution in [0.3, 0.4) is 0 Å². The van der Waals surface area contributed by atoms with Crippen molar-refractivity contribution in [2.75, 3.05) is 5.32 Å². The van der Waals surface area contributed by atoms with Gasteiger partial charge in [0.15, 0.2) is 0 Å². The summed E-state index contributed by atoms with van der Waals surface area (Å²) >= 11 is 3.04. The second-order valence-electron chi connectivity index (χ2n) is 3.79. The largest absolute Gasteiger partial charge is 0.424 e. The number of nitrogens with zero attached hydrogens (tertiary/aromatic N) is 2. The minimum absolute atomic E-state index is 0.161. The van der Waals surface area contributed by atoms with Crippen molar-refractivity contribution in [3.05, 3.63) is 40.0 Å². The topological polar surface area (TPSA) is 51.0 Å². The monoisotopic (exact) mass is 335 g/mol. The molecule has 0 radical (unpaired) electrons. The van der Waals surface area contributed by atoms with Gasteiger partial charge in [-0.1, -0.05) is 15.9 Å². The lowest BCUT2D eigenvalue weighted by atomic mass is 10.2. The van der Waals surface area contributed by atoms with Crippen LogP contribution in [0, 0.1) is 6.92 Å². The molecule has 0 saturated heterocycles. The fourth-order valence-electron chi connectivity index (χ4n) is 1.44. The average molecular weight is 336 g/mol. The van der Waals surface area contributed by atoms with Crippen LogP contribution in [-0.2, 0) is 12.7 Å². The quantitative estimate of drug-likeness (QED) is 0.927. The van der Waals surface area contributed by atoms with E-state index in [1.165, 1.54) is 0 Å². The molecule has 2 aromatic rings. The lowest BCUT2D eigenvalue weighted by Gasteiger charge is -2.10. The fraction of sp³-hybridized carbons (Fsp3) is 0.273. The Morgan fingerprint density at radius 3 is 2.58 bits per heavy atom. The van der Waals surface area contributed by atoms with Crippen molar-refractivity contribution in [3.63, 3.8) is 0 Å². The molecule has 0 aliphatic carbocycles. The summed E-state index contributed by atoms with van der Waals surface area (Å²) in [5.74, 6) is 0.716. The van der Waals surface area contributed by atoms with Crippen LogP contribution in [0.5, 0.6) is 0 Å². The molecular weight excluding hydrogens is 327 g/mol. The Balaban J connectivity index is 2.14. The number of anilines is 1. The molecule has 0 saturated carbocycles. The summed E-state index contributed by atoms with van der Waals surface area (Å²) in [6, 6.07) is 3.58. The van der Waals surface area contributed by atoms with Gasteiger partial charge in [0, 0.05) is 17.1 Å². The SMILES string of the molecule is Cc1nnc(CNc2cc(Br)cc(C(F)(F)F)c2)o1. The normalized spacial score (nSPS) is 11.6. The fourth-order valence-corrected chi connectivity index (χ4v) is 1.94. The molecule has 1 N–H and O–H groups in total. The zero-order valence-electron chi connectivity index (χ0n) is 9.75. The van der Waals surface area contributed by atoms with Crippen LogP contribution >= 0.6 is 15.9 Å². The average Bonchev–Trinajstić information content (AvgIpc) is 2.71. The van der Waals surface area contributed by atoms with Gasteiger partial charge in [-0.15, -0.1) is 10.2 Å². The van der Waals surface area contributed by atoms with E-state index in [2.05, 4.69) is 31.4 Å². The van der Waals surface area contributed by atoms with Crippen molar-refractivity contribution < 1.29 is 17.6 Å². The first kappa shape index (κ1) is 13.9. The summed E-state index contributed by atoms with van der Waals surface area (Å²) in [5.41, 5.74) is -0.413. The second kappa shape index (κ2) is 5.20. The molecule has 1 aromatic carbocycles. The van der Waals surface area contributed by atoms with Gasteiger partial charge in [-0.25, -0.2) is 0 Å². The maximum Gasteiger partial charge on any atom is 0.416 e. The molecule has 0 aliphatic heterocycles. The Bertz CT molecular complexity index is 583. The van der Waals surface area contributed by atoms with Crippen LogP contribution < -0.4 is 5.32 Å². The molecule has 19 heavy (non-hydrogen) atoms. The summed E-state index contributed by atoms with van der Waals surface area (Å²) in [6.45, 7) is 1.80. The number of halogens is 4. The van der Waals surface area contributed by atoms with Gasteiger partial charge in [-0.3, -0.25) is 0 Å². The minimum Gasteiger partial charge on any atom is -0.424 e. The molecule has 4 nitrogen and oxygen atoms in total. The van der Waals surface area contributed by atoms with Gasteiger partial charge in [-0.05, 0) is 18.2 Å². The van der Waals surface area contributed by atoms with E-state index in [1.54, 1.807) is 13.0 Å². The lowest BCUT2D eigenvalue weighted by Crippen LogP contribution is -2.07. The van der Waals surface area contributed by atoms with Crippen LogP contribution in [0.15, 0.2) is 27.1 Å². The van der Waals surface area contributed by atoms with Gasteiger partial charge < -0.3 is 9.73 Å². The molecule has 0 bridgehead atoms. The molecule has 0 aliphatic rings. The third kappa shape index (κ3) is 3.69. The number of hydrogen-bond acceptors (Lipinski definition) is 4. The molecule has 0 amide bonds. The first-order valence-electron chi connectivity index (χ1n) is 5.25. The van der Waals surface area contributed by atoms with E-state index in [9.17, 15) is 13.2 Å². The number of aromatic nitrogens is 2. The maximum atomic E-state index is 12.6. The highest BCUT2D eigenvalue weighted by atomic mass is 79.9. The van der Waals surface area contributed by atoms with E-state index in [0.29, 0.717) is 21.9 Å². The molecule has 1 heterocycles. The molecule has 2 rings (SSSR count). The Labute approximate surface area is 115 Å². The molecule has 0 unspecified atom stereocenters. The molecule has 102 valence electrons. The summed E-state index contributed by atoms with van der Waals surface area (Å²) in [5, 5.41) is 10.2. The molecule has 0 fully saturated rings. The Kier molecular flexibility index (Phi) is 3.79. The van der Waals surface area contributed by atoms with Gasteiger partial charge in [-0.2, -0.15) is 13.2 Å². The summed E-state index contributed by atoms with van der Waals surface area (Å²) < 4.78 is 43.3. The second-order valence-corrected chi connectivity index (χ2v) is 4.71. The van der Waals surface area contributed by atoms with Crippen LogP contribution in [0.2, 0.25) is 0 Å². The number of nitrogens with one attached hydrogen (secondary N) is 1. The standard InChI is InChI=1S/C11H9BrF3N3O/c1-6-17-18-10(19-6)5-16-9-3-7(11(13,14)15)2-8(12)4-9/h2-4,16H,5H2,1H3. The minimum atomic E-state index is -4.39. The van der Waals surface area contributed by atoms with E-state index in [1.807, 2.05) is 0 Å². The van der Waals surface area contributed by atoms with E-state index < -0.39 is 11.7 Å². The van der Waals surface area contributed by atoms with E-state index in [4.69, 9.17) is 4.42 Å². The number of aryl methyl sites for hydroxylation is 1. The molecular formula is C11H9BrF3N3O. The third-order valence-electron chi connectivity index (χ3n) is 2.24. The van der Waals surface area contributed by atoms with Crippen molar-refractivity contribution in [1.82, 2.24) is 10.2 Å². The zero-order valence-corrected chi connectivity index (χ0v) is 11.3. The first-order chi connectivity index (χ1) is 8.84. The van der Waals surface area contributed by atoms with Crippen LogP contribution in [0.25, 0.3) is 0 Å². The Morgan fingerprint density at radius 2 is 2.00 bits per heavy atom. The molecule has 0 atom stereocenters. The number of rotatable bonds is 3. The highest BCUT2D eigenvalue weighted by Gasteiger charge is 2.31. The van der Waals surface area contributed by atoms with E-state index >= 15 is 0 Å². The maximum absolute atomic E-state index is 12.6. The number of benzene rings is 1. The van der Waals surface area contributed by atoms with Crippen molar-refractivity contribution in [3.8, 4) is 0 Å². The van der Waals surface area contributed by atoms with Gasteiger partial charge >= 0.3 is 6.18 Å². The molecule has 8 heteroatoms. The van der Waals surface area contributed by atoms with Gasteiger partial charge in [0.2, 0.25) is 11.8 Å². The predicted octanol–water partition coefficient (Wildman–Crippen LogP) is 3.77. The van der Waals surface area contributed by atoms with Gasteiger partial charge in [0.1, 0.15) is 0 Å². The molecule has 0 spiro atoms. The predicted molar refractivity (Wildman–Crippen MR) is 65.5 cm³/mol.